The maximum atomic E-state index is 12.8. The molecule has 0 amide bonds. The molecule has 0 radical (unpaired) electrons. The van der Waals surface area contributed by atoms with Crippen LogP contribution in [0.1, 0.15) is 19.4 Å². The van der Waals surface area contributed by atoms with Crippen LogP contribution >= 0.6 is 0 Å². The smallest absolute Gasteiger partial charge is 0.206 e. The molecule has 0 aliphatic rings. The minimum Gasteiger partial charge on any atom is -0.623 e. The maximum Gasteiger partial charge on any atom is 0.206 e. The Morgan fingerprint density at radius 1 is 1.44 bits per heavy atom. The van der Waals surface area contributed by atoms with Gasteiger partial charge in [0, 0.05) is 12.5 Å². The normalized spacial score (nSPS) is 15.1. The van der Waals surface area contributed by atoms with Crippen LogP contribution in [0.2, 0.25) is 0 Å². The summed E-state index contributed by atoms with van der Waals surface area (Å²) in [4.78, 5) is 0. The van der Waals surface area contributed by atoms with Crippen LogP contribution < -0.4 is 0 Å². The van der Waals surface area contributed by atoms with Crippen LogP contribution in [-0.4, -0.2) is 27.9 Å². The van der Waals surface area contributed by atoms with Gasteiger partial charge < -0.3 is 10.4 Å². The van der Waals surface area contributed by atoms with Gasteiger partial charge in [-0.05, 0) is 37.3 Å². The molecule has 4 nitrogen and oxygen atoms in total. The molecule has 1 atom stereocenters. The number of nitrogens with zero attached hydrogens (tertiary/aromatic N) is 2. The third-order valence-electron chi connectivity index (χ3n) is 2.45. The summed E-state index contributed by atoms with van der Waals surface area (Å²) in [6.07, 6.45) is 4.63. The molecule has 0 spiro atoms. The van der Waals surface area contributed by atoms with Gasteiger partial charge in [0.05, 0.1) is 0 Å². The van der Waals surface area contributed by atoms with Crippen LogP contribution in [0.4, 0.5) is 4.39 Å². The topological polar surface area (TPSA) is 58.7 Å². The minimum absolute atomic E-state index is 0.186. The first-order valence-corrected chi connectivity index (χ1v) is 5.49. The van der Waals surface area contributed by atoms with E-state index in [0.29, 0.717) is 10.3 Å². The van der Waals surface area contributed by atoms with Gasteiger partial charge in [-0.15, -0.1) is 0 Å². The molecule has 18 heavy (non-hydrogen) atoms. The van der Waals surface area contributed by atoms with E-state index in [-0.39, 0.29) is 11.5 Å². The van der Waals surface area contributed by atoms with E-state index in [1.165, 1.54) is 30.5 Å². The van der Waals surface area contributed by atoms with Crippen molar-refractivity contribution in [2.75, 3.05) is 0 Å². The lowest BCUT2D eigenvalue weighted by Gasteiger charge is -2.13. The first-order valence-electron chi connectivity index (χ1n) is 5.49. The fourth-order valence-corrected chi connectivity index (χ4v) is 1.42. The number of allylic oxidation sites excluding steroid dienone is 2. The van der Waals surface area contributed by atoms with Gasteiger partial charge >= 0.3 is 0 Å². The largest absolute Gasteiger partial charge is 0.623 e. The van der Waals surface area contributed by atoms with Gasteiger partial charge in [0.1, 0.15) is 5.82 Å². The van der Waals surface area contributed by atoms with E-state index in [4.69, 9.17) is 5.21 Å². The lowest BCUT2D eigenvalue weighted by Crippen LogP contribution is -2.29. The number of oxime groups is 1. The van der Waals surface area contributed by atoms with Crippen molar-refractivity contribution in [2.45, 2.75) is 19.9 Å². The summed E-state index contributed by atoms with van der Waals surface area (Å²) >= 11 is 0. The third-order valence-corrected chi connectivity index (χ3v) is 2.45. The van der Waals surface area contributed by atoms with E-state index in [2.05, 4.69) is 5.16 Å². The van der Waals surface area contributed by atoms with Gasteiger partial charge in [-0.2, -0.15) is 0 Å². The quantitative estimate of drug-likeness (QED) is 0.293. The Balaban J connectivity index is 3.01. The molecule has 1 N–H and O–H groups in total. The van der Waals surface area contributed by atoms with Crippen LogP contribution in [0.25, 0.3) is 0 Å². The Labute approximate surface area is 105 Å². The third kappa shape index (κ3) is 3.41. The van der Waals surface area contributed by atoms with E-state index in [1.807, 2.05) is 0 Å². The summed E-state index contributed by atoms with van der Waals surface area (Å²) in [5.41, 5.74) is 0.687. The van der Waals surface area contributed by atoms with Crippen LogP contribution in [0.5, 0.6) is 0 Å². The van der Waals surface area contributed by atoms with Gasteiger partial charge in [0.2, 0.25) is 6.04 Å². The van der Waals surface area contributed by atoms with Crippen molar-refractivity contribution in [3.05, 3.63) is 53.0 Å². The monoisotopic (exact) mass is 250 g/mol. The second-order valence-electron chi connectivity index (χ2n) is 3.70. The second kappa shape index (κ2) is 6.54. The van der Waals surface area contributed by atoms with Crippen molar-refractivity contribution in [1.82, 2.24) is 0 Å². The Bertz CT molecular complexity index is 478. The Hall–Kier alpha value is -2.17. The number of benzene rings is 1. The molecule has 0 aliphatic heterocycles. The van der Waals surface area contributed by atoms with Gasteiger partial charge in [-0.1, -0.05) is 11.2 Å². The van der Waals surface area contributed by atoms with Crippen LogP contribution in [0, 0.1) is 11.0 Å². The summed E-state index contributed by atoms with van der Waals surface area (Å²) in [7, 11) is 0. The average molecular weight is 250 g/mol. The van der Waals surface area contributed by atoms with E-state index in [1.54, 1.807) is 26.0 Å². The minimum atomic E-state index is -0.670. The highest BCUT2D eigenvalue weighted by Gasteiger charge is 2.20. The zero-order valence-corrected chi connectivity index (χ0v) is 10.2. The summed E-state index contributed by atoms with van der Waals surface area (Å²) in [6.45, 7) is 3.39. The van der Waals surface area contributed by atoms with Crippen LogP contribution in [0.3, 0.4) is 0 Å². The lowest BCUT2D eigenvalue weighted by atomic mass is 10.0. The molecule has 1 aromatic carbocycles. The molecule has 0 aromatic heterocycles. The van der Waals surface area contributed by atoms with Crippen LogP contribution in [-0.2, 0) is 0 Å². The van der Waals surface area contributed by atoms with Crippen molar-refractivity contribution in [3.8, 4) is 0 Å². The first kappa shape index (κ1) is 13.9. The maximum absolute atomic E-state index is 12.8. The van der Waals surface area contributed by atoms with Crippen LogP contribution in [0.15, 0.2) is 41.6 Å². The SMILES string of the molecule is C/C=C/C=[N+](\[O-])C(C)/C(=N/O)c1ccc(F)cc1. The van der Waals surface area contributed by atoms with Gasteiger partial charge in [0.25, 0.3) is 0 Å². The zero-order valence-electron chi connectivity index (χ0n) is 10.2. The molecule has 0 heterocycles. The molecular weight excluding hydrogens is 235 g/mol. The van der Waals surface area contributed by atoms with E-state index in [0.717, 1.165) is 0 Å². The first-order chi connectivity index (χ1) is 8.60. The van der Waals surface area contributed by atoms with Crippen molar-refractivity contribution < 1.29 is 14.3 Å². The van der Waals surface area contributed by atoms with Gasteiger partial charge in [0.15, 0.2) is 11.9 Å². The number of halogens is 1. The van der Waals surface area contributed by atoms with Gasteiger partial charge in [-0.25, -0.2) is 9.13 Å². The molecule has 1 unspecified atom stereocenters. The number of hydroxylamine groups is 1. The van der Waals surface area contributed by atoms with E-state index in [9.17, 15) is 9.60 Å². The summed E-state index contributed by atoms with van der Waals surface area (Å²) < 4.78 is 13.5. The standard InChI is InChI=1S/C13H15FN2O2/c1-3-4-9-16(18)10(2)13(15-17)11-5-7-12(14)8-6-11/h3-10,17H,1-2H3/b4-3+,15-13-,16-9-. The highest BCUT2D eigenvalue weighted by atomic mass is 19.1. The molecule has 5 heteroatoms. The lowest BCUT2D eigenvalue weighted by molar-refractivity contribution is -0.471. The Morgan fingerprint density at radius 3 is 2.56 bits per heavy atom. The van der Waals surface area contributed by atoms with Crippen molar-refractivity contribution in [2.24, 2.45) is 5.16 Å². The molecule has 0 bridgehead atoms. The van der Waals surface area contributed by atoms with E-state index >= 15 is 0 Å². The second-order valence-corrected chi connectivity index (χ2v) is 3.70. The molecule has 0 saturated heterocycles. The summed E-state index contributed by atoms with van der Waals surface area (Å²) in [5.74, 6) is -0.386. The van der Waals surface area contributed by atoms with Crippen molar-refractivity contribution in [1.29, 1.82) is 0 Å². The number of hydrogen-bond donors (Lipinski definition) is 1. The Morgan fingerprint density at radius 2 is 2.06 bits per heavy atom. The molecule has 1 rings (SSSR count). The predicted molar refractivity (Wildman–Crippen MR) is 68.7 cm³/mol. The molecular formula is C13H15FN2O2. The summed E-state index contributed by atoms with van der Waals surface area (Å²) in [5, 5.41) is 23.8. The molecule has 1 aromatic rings. The molecule has 0 saturated carbocycles. The highest BCUT2D eigenvalue weighted by molar-refractivity contribution is 6.03. The van der Waals surface area contributed by atoms with Gasteiger partial charge in [-0.3, -0.25) is 0 Å². The van der Waals surface area contributed by atoms with E-state index < -0.39 is 6.04 Å². The number of hydrogen-bond acceptors (Lipinski definition) is 3. The van der Waals surface area contributed by atoms with Crippen molar-refractivity contribution in [3.63, 3.8) is 0 Å². The molecule has 0 aliphatic carbocycles. The summed E-state index contributed by atoms with van der Waals surface area (Å²) in [6, 6.07) is 4.75. The van der Waals surface area contributed by atoms with Crippen molar-refractivity contribution >= 4 is 11.9 Å². The number of rotatable bonds is 4. The highest BCUT2D eigenvalue weighted by Crippen LogP contribution is 2.08. The average Bonchev–Trinajstić information content (AvgIpc) is 2.38. The fourth-order valence-electron chi connectivity index (χ4n) is 1.42. The predicted octanol–water partition coefficient (Wildman–Crippen LogP) is 2.55. The fraction of sp³-hybridized carbons (Fsp3) is 0.231. The Kier molecular flexibility index (Phi) is 5.05. The molecule has 96 valence electrons. The zero-order chi connectivity index (χ0) is 13.5. The molecule has 0 fully saturated rings.